The van der Waals surface area contributed by atoms with Crippen LogP contribution in [0.15, 0.2) is 18.2 Å². The van der Waals surface area contributed by atoms with E-state index < -0.39 is 5.97 Å². The first kappa shape index (κ1) is 21.1. The summed E-state index contributed by atoms with van der Waals surface area (Å²) in [5, 5.41) is 16.9. The Morgan fingerprint density at radius 3 is 2.52 bits per heavy atom. The first-order valence-electron chi connectivity index (χ1n) is 7.55. The molecule has 1 rings (SSSR count). The Hall–Kier alpha value is -1.93. The molecule has 0 aromatic heterocycles. The lowest BCUT2D eigenvalue weighted by Crippen LogP contribution is -2.43. The molecule has 0 unspecified atom stereocenters. The van der Waals surface area contributed by atoms with Gasteiger partial charge in [0.25, 0.3) is 5.91 Å². The Labute approximate surface area is 155 Å². The molecule has 1 aromatic carbocycles. The van der Waals surface area contributed by atoms with Crippen molar-refractivity contribution in [1.29, 1.82) is 0 Å². The van der Waals surface area contributed by atoms with Crippen molar-refractivity contribution in [3.8, 4) is 0 Å². The molecule has 0 aliphatic heterocycles. The van der Waals surface area contributed by atoms with Crippen LogP contribution in [0.5, 0.6) is 0 Å². The van der Waals surface area contributed by atoms with Crippen molar-refractivity contribution in [2.75, 3.05) is 23.4 Å². The zero-order valence-electron chi connectivity index (χ0n) is 14.3. The highest BCUT2D eigenvalue weighted by Gasteiger charge is 2.15. The van der Waals surface area contributed by atoms with Gasteiger partial charge in [0.05, 0.1) is 16.3 Å². The molecule has 0 saturated heterocycles. The van der Waals surface area contributed by atoms with Gasteiger partial charge in [0.15, 0.2) is 0 Å². The molecule has 0 fully saturated rings. The molecule has 3 amide bonds. The third kappa shape index (κ3) is 8.64. The maximum absolute atomic E-state index is 12.2. The molecule has 0 radical (unpaired) electrons. The second-order valence-corrected chi connectivity index (χ2v) is 7.74. The van der Waals surface area contributed by atoms with Gasteiger partial charge in [0, 0.05) is 23.5 Å². The highest BCUT2D eigenvalue weighted by molar-refractivity contribution is 7.99. The highest BCUT2D eigenvalue weighted by Crippen LogP contribution is 2.20. The molecule has 1 aromatic rings. The van der Waals surface area contributed by atoms with Crippen LogP contribution in [-0.4, -0.2) is 46.6 Å². The Morgan fingerprint density at radius 2 is 1.92 bits per heavy atom. The summed E-state index contributed by atoms with van der Waals surface area (Å²) in [7, 11) is 0. The number of halogens is 1. The minimum Gasteiger partial charge on any atom is -0.481 e. The number of amides is 3. The van der Waals surface area contributed by atoms with Crippen LogP contribution in [0, 0.1) is 0 Å². The smallest absolute Gasteiger partial charge is 0.319 e. The van der Waals surface area contributed by atoms with Crippen molar-refractivity contribution >= 4 is 47.0 Å². The normalized spacial score (nSPS) is 10.9. The van der Waals surface area contributed by atoms with Gasteiger partial charge in [0.2, 0.25) is 0 Å². The second kappa shape index (κ2) is 9.53. The van der Waals surface area contributed by atoms with E-state index in [9.17, 15) is 14.4 Å². The number of aliphatic carboxylic acids is 1. The van der Waals surface area contributed by atoms with Crippen LogP contribution in [0.4, 0.5) is 10.5 Å². The van der Waals surface area contributed by atoms with Crippen LogP contribution in [0.1, 0.15) is 31.1 Å². The number of hydrogen-bond donors (Lipinski definition) is 4. The first-order valence-corrected chi connectivity index (χ1v) is 9.08. The number of rotatable bonds is 7. The van der Waals surface area contributed by atoms with Crippen LogP contribution in [0.3, 0.4) is 0 Å². The van der Waals surface area contributed by atoms with Crippen molar-refractivity contribution in [3.05, 3.63) is 28.8 Å². The molecule has 0 spiro atoms. The summed E-state index contributed by atoms with van der Waals surface area (Å²) in [6.07, 6.45) is 0. The maximum atomic E-state index is 12.2. The number of carboxylic acids is 1. The highest BCUT2D eigenvalue weighted by atomic mass is 35.5. The van der Waals surface area contributed by atoms with Crippen molar-refractivity contribution in [3.63, 3.8) is 0 Å². The molecule has 0 heterocycles. The Kier molecular flexibility index (Phi) is 8.05. The number of urea groups is 1. The van der Waals surface area contributed by atoms with Crippen LogP contribution in [0.25, 0.3) is 0 Å². The average Bonchev–Trinajstić information content (AvgIpc) is 2.46. The lowest BCUT2D eigenvalue weighted by atomic mass is 10.1. The molecule has 0 aliphatic carbocycles. The number of nitrogens with one attached hydrogen (secondary N) is 3. The lowest BCUT2D eigenvalue weighted by molar-refractivity contribution is -0.133. The van der Waals surface area contributed by atoms with Crippen LogP contribution >= 0.6 is 23.4 Å². The van der Waals surface area contributed by atoms with E-state index in [1.54, 1.807) is 6.07 Å². The maximum Gasteiger partial charge on any atom is 0.319 e. The number of thioether (sulfide) groups is 1. The van der Waals surface area contributed by atoms with Gasteiger partial charge in [0.1, 0.15) is 0 Å². The number of carboxylic acid groups (broad SMARTS) is 1. The van der Waals surface area contributed by atoms with Gasteiger partial charge < -0.3 is 21.1 Å². The molecule has 0 saturated carbocycles. The minimum absolute atomic E-state index is 0.0150. The predicted octanol–water partition coefficient (Wildman–Crippen LogP) is 2.81. The van der Waals surface area contributed by atoms with Crippen molar-refractivity contribution in [2.45, 2.75) is 26.3 Å². The number of carbonyl (C=O) groups is 3. The third-order valence-corrected chi connectivity index (χ3v) is 3.99. The number of benzene rings is 1. The van der Waals surface area contributed by atoms with Gasteiger partial charge in [-0.05, 0) is 39.0 Å². The molecule has 25 heavy (non-hydrogen) atoms. The lowest BCUT2D eigenvalue weighted by Gasteiger charge is -2.21. The van der Waals surface area contributed by atoms with E-state index in [4.69, 9.17) is 16.7 Å². The fourth-order valence-electron chi connectivity index (χ4n) is 1.77. The average molecular weight is 388 g/mol. The Balaban J connectivity index is 2.63. The van der Waals surface area contributed by atoms with E-state index in [1.807, 2.05) is 20.8 Å². The molecule has 9 heteroatoms. The van der Waals surface area contributed by atoms with E-state index >= 15 is 0 Å². The minimum atomic E-state index is -0.897. The molecule has 4 N–H and O–H groups in total. The summed E-state index contributed by atoms with van der Waals surface area (Å²) in [4.78, 5) is 34.5. The van der Waals surface area contributed by atoms with Gasteiger partial charge in [-0.15, -0.1) is 11.8 Å². The summed E-state index contributed by atoms with van der Waals surface area (Å²) < 4.78 is 0. The monoisotopic (exact) mass is 387 g/mol. The molecule has 0 atom stereocenters. The number of carbonyl (C=O) groups excluding carboxylic acids is 2. The van der Waals surface area contributed by atoms with Crippen molar-refractivity contribution in [1.82, 2.24) is 10.6 Å². The second-order valence-electron chi connectivity index (χ2n) is 6.23. The van der Waals surface area contributed by atoms with Gasteiger partial charge >= 0.3 is 12.0 Å². The van der Waals surface area contributed by atoms with Crippen LogP contribution < -0.4 is 16.0 Å². The van der Waals surface area contributed by atoms with Gasteiger partial charge in [-0.2, -0.15) is 0 Å². The SMILES string of the molecule is CC(C)(C)NC(=O)Nc1ccc(Cl)c(C(=O)NCCSCC(=O)O)c1. The summed E-state index contributed by atoms with van der Waals surface area (Å²) in [6, 6.07) is 4.24. The molecular formula is C16H22ClN3O4S. The van der Waals surface area contributed by atoms with Gasteiger partial charge in [-0.25, -0.2) is 4.79 Å². The standard InChI is InChI=1S/C16H22ClN3O4S/c1-16(2,3)20-15(24)19-10-4-5-12(17)11(8-10)14(23)18-6-7-25-9-13(21)22/h4-5,8H,6-7,9H2,1-3H3,(H,18,23)(H,21,22)(H2,19,20,24). The van der Waals surface area contributed by atoms with E-state index in [2.05, 4.69) is 16.0 Å². The topological polar surface area (TPSA) is 108 Å². The Bertz CT molecular complexity index is 647. The molecule has 0 bridgehead atoms. The fraction of sp³-hybridized carbons (Fsp3) is 0.438. The number of hydrogen-bond acceptors (Lipinski definition) is 4. The van der Waals surface area contributed by atoms with Crippen molar-refractivity contribution in [2.24, 2.45) is 0 Å². The fourth-order valence-corrected chi connectivity index (χ4v) is 2.54. The zero-order chi connectivity index (χ0) is 19.0. The molecule has 7 nitrogen and oxygen atoms in total. The molecule has 0 aliphatic rings. The summed E-state index contributed by atoms with van der Waals surface area (Å²) in [5.41, 5.74) is 0.291. The molecular weight excluding hydrogens is 366 g/mol. The van der Waals surface area contributed by atoms with Crippen molar-refractivity contribution < 1.29 is 19.5 Å². The van der Waals surface area contributed by atoms with Crippen LogP contribution in [0.2, 0.25) is 5.02 Å². The Morgan fingerprint density at radius 1 is 1.24 bits per heavy atom. The van der Waals surface area contributed by atoms with E-state index in [1.165, 1.54) is 23.9 Å². The van der Waals surface area contributed by atoms with Crippen LogP contribution in [-0.2, 0) is 4.79 Å². The van der Waals surface area contributed by atoms with E-state index in [-0.39, 0.29) is 33.8 Å². The zero-order valence-corrected chi connectivity index (χ0v) is 15.9. The van der Waals surface area contributed by atoms with Gasteiger partial charge in [-0.3, -0.25) is 9.59 Å². The first-order chi connectivity index (χ1) is 11.6. The predicted molar refractivity (Wildman–Crippen MR) is 101 cm³/mol. The summed E-state index contributed by atoms with van der Waals surface area (Å²) in [6.45, 7) is 5.89. The summed E-state index contributed by atoms with van der Waals surface area (Å²) >= 11 is 7.25. The van der Waals surface area contributed by atoms with E-state index in [0.717, 1.165) is 0 Å². The largest absolute Gasteiger partial charge is 0.481 e. The number of anilines is 1. The quantitative estimate of drug-likeness (QED) is 0.538. The van der Waals surface area contributed by atoms with E-state index in [0.29, 0.717) is 18.0 Å². The third-order valence-electron chi connectivity index (χ3n) is 2.71. The van der Waals surface area contributed by atoms with Gasteiger partial charge in [-0.1, -0.05) is 11.6 Å². The summed E-state index contributed by atoms with van der Waals surface area (Å²) in [5.74, 6) is -0.826. The molecule has 138 valence electrons.